The normalized spacial score (nSPS) is 13.6. The molecule has 0 amide bonds. The molecule has 6 nitrogen and oxygen atoms in total. The summed E-state index contributed by atoms with van der Waals surface area (Å²) in [4.78, 5) is 18.9. The summed E-state index contributed by atoms with van der Waals surface area (Å²) in [5.74, 6) is 0.537. The highest BCUT2D eigenvalue weighted by Crippen LogP contribution is 2.24. The molecule has 16 heavy (non-hydrogen) atoms. The molecule has 6 heteroatoms. The van der Waals surface area contributed by atoms with Gasteiger partial charge < -0.3 is 15.2 Å². The van der Waals surface area contributed by atoms with E-state index in [0.29, 0.717) is 31.4 Å². The van der Waals surface area contributed by atoms with Crippen LogP contribution in [-0.4, -0.2) is 27.6 Å². The van der Waals surface area contributed by atoms with E-state index >= 15 is 0 Å². The zero-order valence-corrected chi connectivity index (χ0v) is 8.99. The van der Waals surface area contributed by atoms with Crippen molar-refractivity contribution in [1.82, 2.24) is 9.97 Å². The van der Waals surface area contributed by atoms with Crippen molar-refractivity contribution in [3.63, 3.8) is 0 Å². The lowest BCUT2D eigenvalue weighted by Crippen LogP contribution is -2.11. The number of anilines is 1. The molecule has 0 saturated carbocycles. The standard InChI is InChI=1S/C10H13N3O3/c1-6-12-8-5-16-4-7(8)10(13-6)11-3-2-9(14)15/h2-5H2,1H3,(H,14,15)(H,11,12,13). The maximum atomic E-state index is 10.4. The van der Waals surface area contributed by atoms with Gasteiger partial charge in [0, 0.05) is 12.1 Å². The molecule has 2 N–H and O–H groups in total. The van der Waals surface area contributed by atoms with Crippen LogP contribution in [0.5, 0.6) is 0 Å². The lowest BCUT2D eigenvalue weighted by Gasteiger charge is -2.08. The van der Waals surface area contributed by atoms with Crippen molar-refractivity contribution in [3.05, 3.63) is 17.1 Å². The van der Waals surface area contributed by atoms with E-state index in [1.807, 2.05) is 0 Å². The van der Waals surface area contributed by atoms with Crippen LogP contribution in [-0.2, 0) is 22.7 Å². The Kier molecular flexibility index (Phi) is 3.00. The van der Waals surface area contributed by atoms with Crippen LogP contribution in [0.25, 0.3) is 0 Å². The number of hydrogen-bond acceptors (Lipinski definition) is 5. The highest BCUT2D eigenvalue weighted by atomic mass is 16.5. The molecule has 0 atom stereocenters. The number of aliphatic carboxylic acids is 1. The fourth-order valence-electron chi connectivity index (χ4n) is 1.61. The number of fused-ring (bicyclic) bond motifs is 1. The van der Waals surface area contributed by atoms with Gasteiger partial charge in [0.05, 0.1) is 25.3 Å². The van der Waals surface area contributed by atoms with Gasteiger partial charge in [-0.15, -0.1) is 0 Å². The number of carboxylic acids is 1. The number of nitrogens with one attached hydrogen (secondary N) is 1. The Morgan fingerprint density at radius 3 is 3.06 bits per heavy atom. The molecule has 1 aliphatic rings. The van der Waals surface area contributed by atoms with Gasteiger partial charge in [-0.1, -0.05) is 0 Å². The number of aryl methyl sites for hydroxylation is 1. The molecule has 1 aromatic heterocycles. The summed E-state index contributed by atoms with van der Waals surface area (Å²) in [6.45, 7) is 3.16. The molecule has 86 valence electrons. The molecular formula is C10H13N3O3. The quantitative estimate of drug-likeness (QED) is 0.781. The topological polar surface area (TPSA) is 84.3 Å². The molecule has 2 heterocycles. The van der Waals surface area contributed by atoms with Crippen molar-refractivity contribution in [2.75, 3.05) is 11.9 Å². The number of nitrogens with zero attached hydrogens (tertiary/aromatic N) is 2. The van der Waals surface area contributed by atoms with Crippen molar-refractivity contribution in [3.8, 4) is 0 Å². The first-order valence-electron chi connectivity index (χ1n) is 5.06. The summed E-state index contributed by atoms with van der Waals surface area (Å²) in [5.41, 5.74) is 1.83. The number of rotatable bonds is 4. The largest absolute Gasteiger partial charge is 0.481 e. The number of aromatic nitrogens is 2. The summed E-state index contributed by atoms with van der Waals surface area (Å²) in [6.07, 6.45) is 0.0681. The van der Waals surface area contributed by atoms with Crippen LogP contribution in [0, 0.1) is 6.92 Å². The highest BCUT2D eigenvalue weighted by Gasteiger charge is 2.18. The predicted octanol–water partition coefficient (Wildman–Crippen LogP) is 0.702. The Balaban J connectivity index is 2.11. The van der Waals surface area contributed by atoms with E-state index < -0.39 is 5.97 Å². The van der Waals surface area contributed by atoms with Crippen molar-refractivity contribution in [1.29, 1.82) is 0 Å². The minimum absolute atomic E-state index is 0.0681. The monoisotopic (exact) mass is 223 g/mol. The van der Waals surface area contributed by atoms with Crippen LogP contribution in [0.3, 0.4) is 0 Å². The molecule has 0 saturated heterocycles. The maximum absolute atomic E-state index is 10.4. The first-order chi connectivity index (χ1) is 7.66. The minimum atomic E-state index is -0.828. The third-order valence-electron chi connectivity index (χ3n) is 2.32. The van der Waals surface area contributed by atoms with Gasteiger partial charge in [0.15, 0.2) is 0 Å². The number of carbonyl (C=O) groups is 1. The molecule has 0 fully saturated rings. The van der Waals surface area contributed by atoms with Crippen LogP contribution < -0.4 is 5.32 Å². The van der Waals surface area contributed by atoms with Gasteiger partial charge in [0.25, 0.3) is 0 Å². The SMILES string of the molecule is Cc1nc2c(c(NCCC(=O)O)n1)COC2. The summed E-state index contributed by atoms with van der Waals surface area (Å²) in [7, 11) is 0. The summed E-state index contributed by atoms with van der Waals surface area (Å²) < 4.78 is 5.28. The fraction of sp³-hybridized carbons (Fsp3) is 0.500. The van der Waals surface area contributed by atoms with Crippen LogP contribution in [0.1, 0.15) is 23.5 Å². The van der Waals surface area contributed by atoms with Gasteiger partial charge in [-0.25, -0.2) is 9.97 Å². The third kappa shape index (κ3) is 2.27. The molecule has 0 unspecified atom stereocenters. The van der Waals surface area contributed by atoms with Gasteiger partial charge in [0.2, 0.25) is 0 Å². The van der Waals surface area contributed by atoms with Gasteiger partial charge in [-0.2, -0.15) is 0 Å². The van der Waals surface area contributed by atoms with Crippen molar-refractivity contribution < 1.29 is 14.6 Å². The van der Waals surface area contributed by atoms with E-state index in [2.05, 4.69) is 15.3 Å². The summed E-state index contributed by atoms with van der Waals surface area (Å²) >= 11 is 0. The molecule has 2 rings (SSSR count). The van der Waals surface area contributed by atoms with Gasteiger partial charge >= 0.3 is 5.97 Å². The zero-order valence-electron chi connectivity index (χ0n) is 8.99. The Morgan fingerprint density at radius 2 is 2.31 bits per heavy atom. The number of ether oxygens (including phenoxy) is 1. The Hall–Kier alpha value is -1.69. The average Bonchev–Trinajstić information content (AvgIpc) is 2.64. The van der Waals surface area contributed by atoms with E-state index in [-0.39, 0.29) is 6.42 Å². The molecule has 0 spiro atoms. The minimum Gasteiger partial charge on any atom is -0.481 e. The molecule has 0 radical (unpaired) electrons. The Labute approximate surface area is 92.7 Å². The van der Waals surface area contributed by atoms with Gasteiger partial charge in [-0.05, 0) is 6.92 Å². The highest BCUT2D eigenvalue weighted by molar-refractivity contribution is 5.67. The van der Waals surface area contributed by atoms with Crippen molar-refractivity contribution >= 4 is 11.8 Å². The van der Waals surface area contributed by atoms with Crippen LogP contribution in [0.15, 0.2) is 0 Å². The molecule has 0 bridgehead atoms. The van der Waals surface area contributed by atoms with E-state index in [9.17, 15) is 4.79 Å². The van der Waals surface area contributed by atoms with Crippen molar-refractivity contribution in [2.24, 2.45) is 0 Å². The predicted molar refractivity (Wildman–Crippen MR) is 56.0 cm³/mol. The first-order valence-corrected chi connectivity index (χ1v) is 5.06. The van der Waals surface area contributed by atoms with Crippen LogP contribution in [0.2, 0.25) is 0 Å². The van der Waals surface area contributed by atoms with Crippen LogP contribution in [0.4, 0.5) is 5.82 Å². The third-order valence-corrected chi connectivity index (χ3v) is 2.32. The second kappa shape index (κ2) is 4.44. The maximum Gasteiger partial charge on any atom is 0.305 e. The van der Waals surface area contributed by atoms with E-state index in [0.717, 1.165) is 11.3 Å². The summed E-state index contributed by atoms with van der Waals surface area (Å²) in [5, 5.41) is 11.5. The zero-order chi connectivity index (χ0) is 11.5. The van der Waals surface area contributed by atoms with Gasteiger partial charge in [0.1, 0.15) is 11.6 Å². The average molecular weight is 223 g/mol. The second-order valence-electron chi connectivity index (χ2n) is 3.61. The fourth-order valence-corrected chi connectivity index (χ4v) is 1.61. The Bertz CT molecular complexity index is 420. The van der Waals surface area contributed by atoms with E-state index in [1.54, 1.807) is 6.92 Å². The first kappa shape index (κ1) is 10.8. The lowest BCUT2D eigenvalue weighted by atomic mass is 10.2. The summed E-state index contributed by atoms with van der Waals surface area (Å²) in [6, 6.07) is 0. The lowest BCUT2D eigenvalue weighted by molar-refractivity contribution is -0.136. The van der Waals surface area contributed by atoms with Crippen LogP contribution >= 0.6 is 0 Å². The molecule has 0 aliphatic carbocycles. The Morgan fingerprint density at radius 1 is 1.50 bits per heavy atom. The number of carboxylic acid groups (broad SMARTS) is 1. The number of hydrogen-bond donors (Lipinski definition) is 2. The van der Waals surface area contributed by atoms with E-state index in [4.69, 9.17) is 9.84 Å². The molecular weight excluding hydrogens is 210 g/mol. The second-order valence-corrected chi connectivity index (χ2v) is 3.61. The molecule has 1 aliphatic heterocycles. The van der Waals surface area contributed by atoms with Crippen molar-refractivity contribution in [2.45, 2.75) is 26.6 Å². The molecule has 1 aromatic rings. The van der Waals surface area contributed by atoms with E-state index in [1.165, 1.54) is 0 Å². The molecule has 0 aromatic carbocycles. The smallest absolute Gasteiger partial charge is 0.305 e. The van der Waals surface area contributed by atoms with Gasteiger partial charge in [-0.3, -0.25) is 4.79 Å².